The van der Waals surface area contributed by atoms with Gasteiger partial charge in [-0.3, -0.25) is 4.79 Å². The van der Waals surface area contributed by atoms with Crippen LogP contribution >= 0.6 is 27.3 Å². The van der Waals surface area contributed by atoms with E-state index in [1.807, 2.05) is 23.6 Å². The van der Waals surface area contributed by atoms with E-state index in [9.17, 15) is 4.79 Å². The standard InChI is InChI=1S/C14H12BrN5O2S/c1-22-12-3-2-9(6-10(12)15)7-16-14(21)13-11(4-5-23-13)20-8-17-18-19-20/h2-6,8H,7H2,1H3,(H,16,21). The van der Waals surface area contributed by atoms with Crippen molar-refractivity contribution in [2.45, 2.75) is 6.54 Å². The number of halogens is 1. The maximum Gasteiger partial charge on any atom is 0.263 e. The van der Waals surface area contributed by atoms with Gasteiger partial charge in [0.25, 0.3) is 5.91 Å². The van der Waals surface area contributed by atoms with E-state index in [1.165, 1.54) is 22.3 Å². The summed E-state index contributed by atoms with van der Waals surface area (Å²) in [6, 6.07) is 7.47. The molecule has 23 heavy (non-hydrogen) atoms. The van der Waals surface area contributed by atoms with Crippen LogP contribution in [0, 0.1) is 0 Å². The molecule has 0 aliphatic heterocycles. The summed E-state index contributed by atoms with van der Waals surface area (Å²) in [7, 11) is 1.61. The topological polar surface area (TPSA) is 81.9 Å². The Morgan fingerprint density at radius 2 is 2.30 bits per heavy atom. The molecule has 2 aromatic heterocycles. The molecule has 0 spiro atoms. The van der Waals surface area contributed by atoms with Crippen molar-refractivity contribution in [2.75, 3.05) is 7.11 Å². The van der Waals surface area contributed by atoms with Crippen molar-refractivity contribution < 1.29 is 9.53 Å². The zero-order chi connectivity index (χ0) is 16.2. The SMILES string of the molecule is COc1ccc(CNC(=O)c2sccc2-n2cnnn2)cc1Br. The molecule has 3 rings (SSSR count). The van der Waals surface area contributed by atoms with E-state index in [4.69, 9.17) is 4.74 Å². The van der Waals surface area contributed by atoms with Crippen LogP contribution in [0.4, 0.5) is 0 Å². The lowest BCUT2D eigenvalue weighted by Crippen LogP contribution is -2.23. The van der Waals surface area contributed by atoms with Gasteiger partial charge in [0.15, 0.2) is 0 Å². The van der Waals surface area contributed by atoms with Crippen LogP contribution in [0.25, 0.3) is 5.69 Å². The molecule has 0 unspecified atom stereocenters. The fraction of sp³-hybridized carbons (Fsp3) is 0.143. The molecule has 0 atom stereocenters. The van der Waals surface area contributed by atoms with Gasteiger partial charge in [-0.05, 0) is 55.5 Å². The highest BCUT2D eigenvalue weighted by molar-refractivity contribution is 9.10. The summed E-state index contributed by atoms with van der Waals surface area (Å²) in [4.78, 5) is 12.9. The number of hydrogen-bond donors (Lipinski definition) is 1. The number of hydrogen-bond acceptors (Lipinski definition) is 6. The number of tetrazole rings is 1. The van der Waals surface area contributed by atoms with Gasteiger partial charge >= 0.3 is 0 Å². The average molecular weight is 394 g/mol. The first-order chi connectivity index (χ1) is 11.2. The predicted octanol–water partition coefficient (Wildman–Crippen LogP) is 2.42. The third-order valence-corrected chi connectivity index (χ3v) is 4.64. The molecule has 0 saturated heterocycles. The van der Waals surface area contributed by atoms with Gasteiger partial charge in [-0.2, -0.15) is 4.68 Å². The Bertz CT molecular complexity index is 818. The molecular weight excluding hydrogens is 382 g/mol. The molecule has 118 valence electrons. The lowest BCUT2D eigenvalue weighted by Gasteiger charge is -2.08. The first-order valence-electron chi connectivity index (χ1n) is 6.60. The number of methoxy groups -OCH3 is 1. The van der Waals surface area contributed by atoms with Crippen molar-refractivity contribution in [2.24, 2.45) is 0 Å². The van der Waals surface area contributed by atoms with Gasteiger partial charge in [0.05, 0.1) is 17.3 Å². The number of aromatic nitrogens is 4. The number of carbonyl (C=O) groups is 1. The fourth-order valence-electron chi connectivity index (χ4n) is 2.01. The number of thiophene rings is 1. The molecule has 2 heterocycles. The monoisotopic (exact) mass is 393 g/mol. The molecule has 3 aromatic rings. The van der Waals surface area contributed by atoms with Gasteiger partial charge in [0.2, 0.25) is 0 Å². The summed E-state index contributed by atoms with van der Waals surface area (Å²) in [6.45, 7) is 0.411. The Morgan fingerprint density at radius 1 is 1.43 bits per heavy atom. The fourth-order valence-corrected chi connectivity index (χ4v) is 3.39. The molecule has 0 saturated carbocycles. The zero-order valence-electron chi connectivity index (χ0n) is 12.1. The van der Waals surface area contributed by atoms with Gasteiger partial charge < -0.3 is 10.1 Å². The summed E-state index contributed by atoms with van der Waals surface area (Å²) in [6.07, 6.45) is 1.46. The molecule has 1 amide bonds. The van der Waals surface area contributed by atoms with Crippen molar-refractivity contribution >= 4 is 33.2 Å². The van der Waals surface area contributed by atoms with Crippen LogP contribution in [0.3, 0.4) is 0 Å². The minimum absolute atomic E-state index is 0.169. The Balaban J connectivity index is 1.71. The zero-order valence-corrected chi connectivity index (χ0v) is 14.5. The van der Waals surface area contributed by atoms with E-state index in [-0.39, 0.29) is 5.91 Å². The van der Waals surface area contributed by atoms with E-state index in [1.54, 1.807) is 13.2 Å². The van der Waals surface area contributed by atoms with Crippen molar-refractivity contribution in [1.29, 1.82) is 0 Å². The van der Waals surface area contributed by atoms with Crippen LogP contribution in [0.1, 0.15) is 15.2 Å². The van der Waals surface area contributed by atoms with E-state index < -0.39 is 0 Å². The van der Waals surface area contributed by atoms with Gasteiger partial charge in [-0.1, -0.05) is 6.07 Å². The average Bonchev–Trinajstić information content (AvgIpc) is 3.23. The molecule has 7 nitrogen and oxygen atoms in total. The molecule has 0 fully saturated rings. The number of nitrogens with zero attached hydrogens (tertiary/aromatic N) is 4. The Hall–Kier alpha value is -2.26. The van der Waals surface area contributed by atoms with E-state index in [0.717, 1.165) is 15.8 Å². The maximum atomic E-state index is 12.4. The van der Waals surface area contributed by atoms with Crippen molar-refractivity contribution in [1.82, 2.24) is 25.5 Å². The molecule has 0 aliphatic rings. The highest BCUT2D eigenvalue weighted by Gasteiger charge is 2.15. The summed E-state index contributed by atoms with van der Waals surface area (Å²) >= 11 is 4.77. The Kier molecular flexibility index (Phi) is 4.68. The summed E-state index contributed by atoms with van der Waals surface area (Å²) in [5, 5.41) is 15.7. The number of carbonyl (C=O) groups excluding carboxylic acids is 1. The van der Waals surface area contributed by atoms with Crippen LogP contribution in [0.5, 0.6) is 5.75 Å². The number of rotatable bonds is 5. The number of benzene rings is 1. The minimum Gasteiger partial charge on any atom is -0.496 e. The second-order valence-corrected chi connectivity index (χ2v) is 6.31. The third kappa shape index (κ3) is 3.40. The van der Waals surface area contributed by atoms with Crippen LogP contribution in [-0.2, 0) is 6.54 Å². The molecule has 0 radical (unpaired) electrons. The van der Waals surface area contributed by atoms with Crippen LogP contribution in [0.2, 0.25) is 0 Å². The molecule has 0 aliphatic carbocycles. The van der Waals surface area contributed by atoms with Gasteiger partial charge in [0, 0.05) is 6.54 Å². The van der Waals surface area contributed by atoms with Crippen molar-refractivity contribution in [3.05, 3.63) is 50.9 Å². The summed E-state index contributed by atoms with van der Waals surface area (Å²) < 4.78 is 7.50. The molecule has 1 N–H and O–H groups in total. The van der Waals surface area contributed by atoms with Crippen molar-refractivity contribution in [3.63, 3.8) is 0 Å². The number of ether oxygens (including phenoxy) is 1. The number of nitrogens with one attached hydrogen (secondary N) is 1. The second kappa shape index (κ2) is 6.88. The van der Waals surface area contributed by atoms with E-state index in [2.05, 4.69) is 36.8 Å². The summed E-state index contributed by atoms with van der Waals surface area (Å²) in [5.41, 5.74) is 1.62. The third-order valence-electron chi connectivity index (χ3n) is 3.12. The van der Waals surface area contributed by atoms with Crippen molar-refractivity contribution in [3.8, 4) is 11.4 Å². The normalized spacial score (nSPS) is 10.5. The highest BCUT2D eigenvalue weighted by Crippen LogP contribution is 2.25. The number of amides is 1. The highest BCUT2D eigenvalue weighted by atomic mass is 79.9. The second-order valence-electron chi connectivity index (χ2n) is 4.54. The summed E-state index contributed by atoms with van der Waals surface area (Å²) in [5.74, 6) is 0.580. The largest absolute Gasteiger partial charge is 0.496 e. The van der Waals surface area contributed by atoms with Crippen LogP contribution < -0.4 is 10.1 Å². The molecule has 0 bridgehead atoms. The van der Waals surface area contributed by atoms with Gasteiger partial charge in [-0.25, -0.2) is 0 Å². The van der Waals surface area contributed by atoms with E-state index >= 15 is 0 Å². The lowest BCUT2D eigenvalue weighted by atomic mass is 10.2. The van der Waals surface area contributed by atoms with Gasteiger partial charge in [-0.15, -0.1) is 16.4 Å². The molecule has 1 aromatic carbocycles. The van der Waals surface area contributed by atoms with E-state index in [0.29, 0.717) is 17.1 Å². The Morgan fingerprint density at radius 3 is 3.00 bits per heavy atom. The minimum atomic E-state index is -0.169. The first-order valence-corrected chi connectivity index (χ1v) is 8.28. The van der Waals surface area contributed by atoms with Crippen LogP contribution in [-0.4, -0.2) is 33.2 Å². The maximum absolute atomic E-state index is 12.4. The predicted molar refractivity (Wildman–Crippen MR) is 88.9 cm³/mol. The Labute approximate surface area is 144 Å². The quantitative estimate of drug-likeness (QED) is 0.719. The smallest absolute Gasteiger partial charge is 0.263 e. The first kappa shape index (κ1) is 15.6. The lowest BCUT2D eigenvalue weighted by molar-refractivity contribution is 0.0955. The van der Waals surface area contributed by atoms with Gasteiger partial charge in [0.1, 0.15) is 17.0 Å². The molecular formula is C14H12BrN5O2S. The van der Waals surface area contributed by atoms with Crippen LogP contribution in [0.15, 0.2) is 40.4 Å². The molecule has 9 heteroatoms.